The minimum atomic E-state index is -0.886. The molecule has 0 amide bonds. The largest absolute Gasteiger partial charge is 0.306 e. The molecular weight excluding hydrogens is 277 g/mol. The maximum absolute atomic E-state index is 13.8. The monoisotopic (exact) mass is 313 g/mol. The van der Waals surface area contributed by atoms with Gasteiger partial charge in [-0.3, -0.25) is 4.68 Å². The number of hydrogen-bond donors (Lipinski definition) is 0. The number of aryl methyl sites for hydroxylation is 1. The summed E-state index contributed by atoms with van der Waals surface area (Å²) in [6, 6.07) is 2.50. The summed E-state index contributed by atoms with van der Waals surface area (Å²) < 4.78 is 15.7. The van der Waals surface area contributed by atoms with Gasteiger partial charge in [-0.2, -0.15) is 5.10 Å². The van der Waals surface area contributed by atoms with E-state index < -0.39 is 5.67 Å². The van der Waals surface area contributed by atoms with Crippen LogP contribution in [0.3, 0.4) is 0 Å². The van der Waals surface area contributed by atoms with Crippen LogP contribution in [0.5, 0.6) is 0 Å². The second-order valence-electron chi connectivity index (χ2n) is 6.77. The van der Waals surface area contributed by atoms with Crippen LogP contribution in [0.15, 0.2) is 12.3 Å². The third-order valence-corrected chi connectivity index (χ3v) is 3.67. The van der Waals surface area contributed by atoms with Gasteiger partial charge in [-0.15, -0.1) is 0 Å². The second kappa shape index (κ2) is 9.98. The van der Waals surface area contributed by atoms with Crippen molar-refractivity contribution in [2.45, 2.75) is 72.5 Å². The van der Waals surface area contributed by atoms with Crippen LogP contribution in [0.25, 0.3) is 0 Å². The Hall–Kier alpha value is -0.900. The lowest BCUT2D eigenvalue weighted by Crippen LogP contribution is -2.33. The first-order valence-electron chi connectivity index (χ1n) is 8.57. The molecule has 2 rings (SSSR count). The highest BCUT2D eigenvalue weighted by atomic mass is 19.1. The highest BCUT2D eigenvalue weighted by molar-refractivity contribution is 4.95. The Labute approximate surface area is 136 Å². The van der Waals surface area contributed by atoms with Crippen LogP contribution in [0, 0.1) is 12.8 Å². The maximum Gasteiger partial charge on any atom is 0.123 e. The number of halogens is 1. The molecule has 1 fully saturated rings. The van der Waals surface area contributed by atoms with E-state index in [0.29, 0.717) is 18.5 Å². The lowest BCUT2D eigenvalue weighted by molar-refractivity contribution is 0.121. The van der Waals surface area contributed by atoms with Crippen LogP contribution in [0.2, 0.25) is 0 Å². The van der Waals surface area contributed by atoms with Gasteiger partial charge in [-0.05, 0) is 66.1 Å². The fraction of sp³-hybridized carbons (Fsp3) is 0.833. The van der Waals surface area contributed by atoms with E-state index in [0.717, 1.165) is 25.0 Å². The molecule has 0 bridgehead atoms. The molecule has 1 aliphatic rings. The lowest BCUT2D eigenvalue weighted by Gasteiger charge is -2.23. The Morgan fingerprint density at radius 1 is 1.41 bits per heavy atom. The van der Waals surface area contributed by atoms with Gasteiger partial charge in [-0.25, -0.2) is 4.39 Å². The molecule has 1 aromatic rings. The Balaban J connectivity index is 0.000000366. The standard InChI is InChI=1S/C9H18FN.C7H12N2.C2H6/c1-8-4-5-9(10,6-8)7-11(2)3;1-6(2)9-5-4-7(3)8-9;1-2/h8H,4-7H2,1-3H3;4-6H,1-3H3;1-2H3. The van der Waals surface area contributed by atoms with Crippen molar-refractivity contribution in [1.29, 1.82) is 0 Å². The summed E-state index contributed by atoms with van der Waals surface area (Å²) in [5.41, 5.74) is 0.201. The van der Waals surface area contributed by atoms with E-state index in [1.54, 1.807) is 0 Å². The predicted molar refractivity (Wildman–Crippen MR) is 94.1 cm³/mol. The van der Waals surface area contributed by atoms with E-state index in [2.05, 4.69) is 25.9 Å². The fourth-order valence-corrected chi connectivity index (χ4v) is 2.76. The minimum absolute atomic E-state index is 0.485. The van der Waals surface area contributed by atoms with E-state index in [-0.39, 0.29) is 0 Å². The first kappa shape index (κ1) is 21.1. The van der Waals surface area contributed by atoms with E-state index in [1.807, 2.05) is 56.7 Å². The van der Waals surface area contributed by atoms with Crippen molar-refractivity contribution in [3.05, 3.63) is 18.0 Å². The molecule has 0 aliphatic heterocycles. The van der Waals surface area contributed by atoms with E-state index in [4.69, 9.17) is 0 Å². The smallest absolute Gasteiger partial charge is 0.123 e. The molecule has 1 aliphatic carbocycles. The van der Waals surface area contributed by atoms with Gasteiger partial charge in [0.05, 0.1) is 5.69 Å². The molecule has 0 radical (unpaired) electrons. The van der Waals surface area contributed by atoms with Crippen LogP contribution in [0.4, 0.5) is 4.39 Å². The van der Waals surface area contributed by atoms with Gasteiger partial charge in [0.1, 0.15) is 5.67 Å². The topological polar surface area (TPSA) is 21.1 Å². The average molecular weight is 314 g/mol. The summed E-state index contributed by atoms with van der Waals surface area (Å²) in [6.45, 7) is 13.0. The molecule has 0 aromatic carbocycles. The van der Waals surface area contributed by atoms with Crippen LogP contribution in [0.1, 0.15) is 65.6 Å². The average Bonchev–Trinajstić information content (AvgIpc) is 2.98. The minimum Gasteiger partial charge on any atom is -0.306 e. The van der Waals surface area contributed by atoms with Crippen molar-refractivity contribution >= 4 is 0 Å². The van der Waals surface area contributed by atoms with Crippen molar-refractivity contribution in [3.63, 3.8) is 0 Å². The zero-order chi connectivity index (χ0) is 17.3. The van der Waals surface area contributed by atoms with E-state index in [9.17, 15) is 4.39 Å². The molecule has 1 saturated carbocycles. The third-order valence-electron chi connectivity index (χ3n) is 3.67. The number of hydrogen-bond acceptors (Lipinski definition) is 2. The van der Waals surface area contributed by atoms with Gasteiger partial charge in [-0.1, -0.05) is 20.8 Å². The molecular formula is C18H36FN3. The normalized spacial score (nSPS) is 23.9. The molecule has 130 valence electrons. The molecule has 1 heterocycles. The highest BCUT2D eigenvalue weighted by Gasteiger charge is 2.37. The molecule has 22 heavy (non-hydrogen) atoms. The van der Waals surface area contributed by atoms with Crippen molar-refractivity contribution in [1.82, 2.24) is 14.7 Å². The van der Waals surface area contributed by atoms with Gasteiger partial charge >= 0.3 is 0 Å². The van der Waals surface area contributed by atoms with Gasteiger partial charge in [0.15, 0.2) is 0 Å². The summed E-state index contributed by atoms with van der Waals surface area (Å²) in [6.07, 6.45) is 4.57. The summed E-state index contributed by atoms with van der Waals surface area (Å²) in [4.78, 5) is 1.94. The summed E-state index contributed by atoms with van der Waals surface area (Å²) in [5, 5.41) is 4.23. The molecule has 4 heteroatoms. The molecule has 0 N–H and O–H groups in total. The Morgan fingerprint density at radius 3 is 2.27 bits per heavy atom. The van der Waals surface area contributed by atoms with Gasteiger partial charge in [0.2, 0.25) is 0 Å². The van der Waals surface area contributed by atoms with Crippen molar-refractivity contribution in [2.24, 2.45) is 5.92 Å². The number of rotatable bonds is 3. The Kier molecular flexibility index (Phi) is 9.58. The molecule has 1 aromatic heterocycles. The maximum atomic E-state index is 13.8. The van der Waals surface area contributed by atoms with Crippen molar-refractivity contribution < 1.29 is 4.39 Å². The zero-order valence-corrected chi connectivity index (χ0v) is 15.9. The molecule has 0 spiro atoms. The van der Waals surface area contributed by atoms with E-state index >= 15 is 0 Å². The zero-order valence-electron chi connectivity index (χ0n) is 15.9. The third kappa shape index (κ3) is 7.92. The van der Waals surface area contributed by atoms with Crippen molar-refractivity contribution in [2.75, 3.05) is 20.6 Å². The lowest BCUT2D eigenvalue weighted by atomic mass is 10.0. The van der Waals surface area contributed by atoms with Crippen LogP contribution in [-0.4, -0.2) is 41.0 Å². The van der Waals surface area contributed by atoms with Gasteiger partial charge < -0.3 is 4.90 Å². The number of aromatic nitrogens is 2. The SMILES string of the molecule is CC.CC1CCC(F)(CN(C)C)C1.Cc1ccn(C(C)C)n1. The fourth-order valence-electron chi connectivity index (χ4n) is 2.76. The van der Waals surface area contributed by atoms with Crippen LogP contribution < -0.4 is 0 Å². The highest BCUT2D eigenvalue weighted by Crippen LogP contribution is 2.37. The summed E-state index contributed by atoms with van der Waals surface area (Å²) >= 11 is 0. The molecule has 2 unspecified atom stereocenters. The second-order valence-corrected chi connectivity index (χ2v) is 6.77. The Morgan fingerprint density at radius 2 is 2.00 bits per heavy atom. The predicted octanol–water partition coefficient (Wildman–Crippen LogP) is 4.87. The summed E-state index contributed by atoms with van der Waals surface area (Å²) in [5.74, 6) is 0.583. The van der Waals surface area contributed by atoms with Gasteiger partial charge in [0, 0.05) is 18.8 Å². The molecule has 0 saturated heterocycles. The first-order chi connectivity index (χ1) is 10.2. The van der Waals surface area contributed by atoms with E-state index in [1.165, 1.54) is 0 Å². The Bertz CT molecular complexity index is 401. The molecule has 2 atom stereocenters. The quantitative estimate of drug-likeness (QED) is 0.793. The number of nitrogens with zero attached hydrogens (tertiary/aromatic N) is 3. The van der Waals surface area contributed by atoms with Crippen LogP contribution >= 0.6 is 0 Å². The molecule has 3 nitrogen and oxygen atoms in total. The number of alkyl halides is 1. The van der Waals surface area contributed by atoms with Crippen molar-refractivity contribution in [3.8, 4) is 0 Å². The summed E-state index contributed by atoms with van der Waals surface area (Å²) in [7, 11) is 3.87. The van der Waals surface area contributed by atoms with Crippen LogP contribution in [-0.2, 0) is 0 Å². The first-order valence-corrected chi connectivity index (χ1v) is 8.57. The van der Waals surface area contributed by atoms with Gasteiger partial charge in [0.25, 0.3) is 0 Å².